The van der Waals surface area contributed by atoms with E-state index >= 15 is 0 Å². The van der Waals surface area contributed by atoms with Crippen LogP contribution in [0.25, 0.3) is 11.1 Å². The van der Waals surface area contributed by atoms with Crippen molar-refractivity contribution in [2.45, 2.75) is 39.3 Å². The Morgan fingerprint density at radius 3 is 2.14 bits per heavy atom. The van der Waals surface area contributed by atoms with E-state index in [0.717, 1.165) is 22.3 Å². The van der Waals surface area contributed by atoms with E-state index in [1.165, 1.54) is 6.07 Å². The third kappa shape index (κ3) is 5.21. The molecule has 0 unspecified atom stereocenters. The minimum Gasteiger partial charge on any atom is -0.480 e. The van der Waals surface area contributed by atoms with Crippen LogP contribution in [0.5, 0.6) is 0 Å². The molecule has 0 spiro atoms. The van der Waals surface area contributed by atoms with E-state index in [1.807, 2.05) is 36.4 Å². The van der Waals surface area contributed by atoms with Crippen molar-refractivity contribution in [3.8, 4) is 11.1 Å². The quantitative estimate of drug-likeness (QED) is 0.461. The summed E-state index contributed by atoms with van der Waals surface area (Å²) in [5, 5.41) is 14.5. The lowest BCUT2D eigenvalue weighted by Gasteiger charge is -2.27. The molecule has 3 aromatic rings. The van der Waals surface area contributed by atoms with E-state index in [-0.39, 0.29) is 24.8 Å². The smallest absolute Gasteiger partial charge is 0.407 e. The Morgan fingerprint density at radius 1 is 0.971 bits per heavy atom. The zero-order valence-corrected chi connectivity index (χ0v) is 19.8. The lowest BCUT2D eigenvalue weighted by molar-refractivity contribution is -0.142. The van der Waals surface area contributed by atoms with Crippen LogP contribution >= 0.6 is 0 Å². The number of carboxylic acid groups (broad SMARTS) is 1. The van der Waals surface area contributed by atoms with Gasteiger partial charge in [-0.2, -0.15) is 0 Å². The minimum atomic E-state index is -1.13. The van der Waals surface area contributed by atoms with Gasteiger partial charge >= 0.3 is 12.1 Å². The van der Waals surface area contributed by atoms with Crippen LogP contribution in [0.15, 0.2) is 65.1 Å². The van der Waals surface area contributed by atoms with Crippen molar-refractivity contribution >= 4 is 18.0 Å². The van der Waals surface area contributed by atoms with Crippen molar-refractivity contribution in [1.29, 1.82) is 0 Å². The van der Waals surface area contributed by atoms with E-state index in [9.17, 15) is 19.5 Å². The first-order chi connectivity index (χ1) is 16.6. The normalized spacial score (nSPS) is 13.5. The zero-order valence-electron chi connectivity index (χ0n) is 19.8. The molecule has 3 N–H and O–H groups in total. The predicted octanol–water partition coefficient (Wildman–Crippen LogP) is 4.55. The second-order valence-corrected chi connectivity index (χ2v) is 9.56. The van der Waals surface area contributed by atoms with Gasteiger partial charge in [0.15, 0.2) is 5.76 Å². The highest BCUT2D eigenvalue weighted by molar-refractivity contribution is 5.94. The molecule has 35 heavy (non-hydrogen) atoms. The number of amides is 2. The molecule has 0 saturated heterocycles. The van der Waals surface area contributed by atoms with Gasteiger partial charge in [0, 0.05) is 5.92 Å². The van der Waals surface area contributed by atoms with Crippen LogP contribution in [0.1, 0.15) is 54.1 Å². The average molecular weight is 477 g/mol. The van der Waals surface area contributed by atoms with Gasteiger partial charge in [-0.25, -0.2) is 9.59 Å². The molecule has 8 nitrogen and oxygen atoms in total. The van der Waals surface area contributed by atoms with Gasteiger partial charge < -0.3 is 24.9 Å². The molecule has 8 heteroatoms. The van der Waals surface area contributed by atoms with E-state index in [2.05, 4.69) is 22.8 Å². The van der Waals surface area contributed by atoms with Crippen LogP contribution in [0.3, 0.4) is 0 Å². The van der Waals surface area contributed by atoms with Crippen molar-refractivity contribution in [1.82, 2.24) is 10.6 Å². The monoisotopic (exact) mass is 476 g/mol. The number of carboxylic acids is 1. The topological polar surface area (TPSA) is 118 Å². The summed E-state index contributed by atoms with van der Waals surface area (Å²) < 4.78 is 11.0. The van der Waals surface area contributed by atoms with Crippen molar-refractivity contribution in [2.24, 2.45) is 5.41 Å². The third-order valence-electron chi connectivity index (χ3n) is 6.02. The summed E-state index contributed by atoms with van der Waals surface area (Å²) in [7, 11) is 0. The fraction of sp³-hybridized carbons (Fsp3) is 0.296. The van der Waals surface area contributed by atoms with Crippen LogP contribution in [0.2, 0.25) is 0 Å². The Kier molecular flexibility index (Phi) is 6.64. The van der Waals surface area contributed by atoms with Gasteiger partial charge in [-0.05, 0) is 39.8 Å². The first-order valence-electron chi connectivity index (χ1n) is 11.4. The number of carbonyl (C=O) groups is 3. The second kappa shape index (κ2) is 9.66. The largest absolute Gasteiger partial charge is 0.480 e. The van der Waals surface area contributed by atoms with Crippen molar-refractivity contribution in [2.75, 3.05) is 6.61 Å². The van der Waals surface area contributed by atoms with Crippen LogP contribution < -0.4 is 10.6 Å². The second-order valence-electron chi connectivity index (χ2n) is 9.56. The Balaban J connectivity index is 1.32. The van der Waals surface area contributed by atoms with Gasteiger partial charge in [-0.15, -0.1) is 0 Å². The van der Waals surface area contributed by atoms with Gasteiger partial charge in [0.05, 0.1) is 6.54 Å². The van der Waals surface area contributed by atoms with E-state index in [0.29, 0.717) is 5.76 Å². The summed E-state index contributed by atoms with van der Waals surface area (Å²) in [5.74, 6) is -1.51. The molecule has 0 aliphatic heterocycles. The molecule has 1 aromatic heterocycles. The van der Waals surface area contributed by atoms with Crippen LogP contribution in [-0.4, -0.2) is 35.7 Å². The number of nitrogens with one attached hydrogen (secondary N) is 2. The first-order valence-corrected chi connectivity index (χ1v) is 11.4. The number of aliphatic carboxylic acids is 1. The number of benzene rings is 2. The summed E-state index contributed by atoms with van der Waals surface area (Å²) in [4.78, 5) is 36.3. The maximum atomic E-state index is 12.4. The standard InChI is InChI=1S/C27H28N2O6/c1-27(2,3)23(25(31)32)29-24(30)22-13-12-16(35-22)14-28-26(33)34-15-21-19-10-6-4-8-17(19)18-9-5-7-11-20(18)21/h4-13,21,23H,14-15H2,1-3H3,(H,28,33)(H,29,30)(H,31,32)/t23-/m0/s1. The molecule has 0 saturated carbocycles. The van der Waals surface area contributed by atoms with Gasteiger partial charge in [-0.3, -0.25) is 4.79 Å². The Bertz CT molecular complexity index is 1210. The lowest BCUT2D eigenvalue weighted by Crippen LogP contribution is -2.49. The Morgan fingerprint density at radius 2 is 1.57 bits per heavy atom. The molecule has 1 aliphatic carbocycles. The summed E-state index contributed by atoms with van der Waals surface area (Å²) in [5.41, 5.74) is 3.86. The van der Waals surface area contributed by atoms with E-state index in [1.54, 1.807) is 26.8 Å². The number of hydrogen-bond acceptors (Lipinski definition) is 5. The highest BCUT2D eigenvalue weighted by Crippen LogP contribution is 2.44. The fourth-order valence-electron chi connectivity index (χ4n) is 4.25. The molecule has 0 radical (unpaired) electrons. The molecule has 1 aliphatic rings. The molecular weight excluding hydrogens is 448 g/mol. The number of furan rings is 1. The molecule has 182 valence electrons. The van der Waals surface area contributed by atoms with Gasteiger partial charge in [0.2, 0.25) is 0 Å². The van der Waals surface area contributed by atoms with Crippen molar-refractivity contribution < 1.29 is 28.6 Å². The SMILES string of the molecule is CC(C)(C)[C@@H](NC(=O)c1ccc(CNC(=O)OCC2c3ccccc3-c3ccccc32)o1)C(=O)O. The molecule has 4 rings (SSSR count). The van der Waals surface area contributed by atoms with Crippen LogP contribution in [0.4, 0.5) is 4.79 Å². The third-order valence-corrected chi connectivity index (χ3v) is 6.02. The van der Waals surface area contributed by atoms with Gasteiger partial charge in [0.25, 0.3) is 5.91 Å². The number of fused-ring (bicyclic) bond motifs is 3. The Hall–Kier alpha value is -4.07. The molecule has 1 heterocycles. The number of carbonyl (C=O) groups excluding carboxylic acids is 2. The minimum absolute atomic E-state index is 0.0194. The molecular formula is C27H28N2O6. The zero-order chi connectivity index (χ0) is 25.2. The van der Waals surface area contributed by atoms with E-state index in [4.69, 9.17) is 9.15 Å². The molecule has 2 aromatic carbocycles. The Labute approximate surface area is 203 Å². The predicted molar refractivity (Wildman–Crippen MR) is 129 cm³/mol. The number of ether oxygens (including phenoxy) is 1. The molecule has 2 amide bonds. The molecule has 0 bridgehead atoms. The van der Waals surface area contributed by atoms with Crippen LogP contribution in [0, 0.1) is 5.41 Å². The number of alkyl carbamates (subject to hydrolysis) is 1. The molecule has 1 atom stereocenters. The number of hydrogen-bond donors (Lipinski definition) is 3. The van der Waals surface area contributed by atoms with Crippen molar-refractivity contribution in [3.63, 3.8) is 0 Å². The highest BCUT2D eigenvalue weighted by Gasteiger charge is 2.33. The van der Waals surface area contributed by atoms with Crippen LogP contribution in [-0.2, 0) is 16.1 Å². The lowest BCUT2D eigenvalue weighted by atomic mass is 9.87. The number of rotatable bonds is 7. The maximum absolute atomic E-state index is 12.4. The summed E-state index contributed by atoms with van der Waals surface area (Å²) in [6.07, 6.45) is -0.604. The first kappa shape index (κ1) is 24.1. The summed E-state index contributed by atoms with van der Waals surface area (Å²) in [6.45, 7) is 5.37. The van der Waals surface area contributed by atoms with Crippen molar-refractivity contribution in [3.05, 3.63) is 83.3 Å². The average Bonchev–Trinajstić information content (AvgIpc) is 3.42. The highest BCUT2D eigenvalue weighted by atomic mass is 16.5. The maximum Gasteiger partial charge on any atom is 0.407 e. The molecule has 0 fully saturated rings. The summed E-state index contributed by atoms with van der Waals surface area (Å²) in [6, 6.07) is 18.1. The van der Waals surface area contributed by atoms with Gasteiger partial charge in [-0.1, -0.05) is 69.3 Å². The fourth-order valence-corrected chi connectivity index (χ4v) is 4.25. The van der Waals surface area contributed by atoms with E-state index < -0.39 is 29.4 Å². The van der Waals surface area contributed by atoms with Gasteiger partial charge in [0.1, 0.15) is 18.4 Å². The summed E-state index contributed by atoms with van der Waals surface area (Å²) >= 11 is 0.